The molecule has 0 unspecified atom stereocenters. The van der Waals surface area contributed by atoms with E-state index in [4.69, 9.17) is 4.98 Å². The van der Waals surface area contributed by atoms with Gasteiger partial charge in [-0.2, -0.15) is 0 Å². The molecular weight excluding hydrogens is 476 g/mol. The van der Waals surface area contributed by atoms with Gasteiger partial charge in [0, 0.05) is 13.5 Å². The largest absolute Gasteiger partial charge is 0.342 e. The fourth-order valence-corrected chi connectivity index (χ4v) is 6.22. The summed E-state index contributed by atoms with van der Waals surface area (Å²) in [4.78, 5) is 48.6. The first-order chi connectivity index (χ1) is 18.2. The number of piperazine rings is 1. The van der Waals surface area contributed by atoms with Crippen LogP contribution in [0.2, 0.25) is 0 Å². The van der Waals surface area contributed by atoms with Gasteiger partial charge < -0.3 is 14.8 Å². The summed E-state index contributed by atoms with van der Waals surface area (Å²) in [7, 11) is 1.89. The second-order valence-corrected chi connectivity index (χ2v) is 11.8. The number of hydrogen-bond donors (Lipinski definition) is 1. The number of aromatic nitrogens is 2. The van der Waals surface area contributed by atoms with Crippen LogP contribution in [0, 0.1) is 17.8 Å². The van der Waals surface area contributed by atoms with Crippen LogP contribution in [0.4, 0.5) is 0 Å². The molecule has 1 N–H and O–H groups in total. The van der Waals surface area contributed by atoms with Crippen molar-refractivity contribution in [3.05, 3.63) is 65.5 Å². The summed E-state index contributed by atoms with van der Waals surface area (Å²) in [5.74, 6) is 0.299. The lowest BCUT2D eigenvalue weighted by molar-refractivity contribution is -0.157. The predicted octanol–water partition coefficient (Wildman–Crippen LogP) is 4.39. The molecule has 1 fully saturated rings. The zero-order valence-electron chi connectivity index (χ0n) is 23.0. The Morgan fingerprint density at radius 3 is 2.21 bits per heavy atom. The van der Waals surface area contributed by atoms with Gasteiger partial charge in [0.05, 0.1) is 11.0 Å². The maximum Gasteiger partial charge on any atom is 0.247 e. The number of aryl methyl sites for hydroxylation is 1. The quantitative estimate of drug-likeness (QED) is 0.483. The van der Waals surface area contributed by atoms with Crippen molar-refractivity contribution in [3.63, 3.8) is 0 Å². The Labute approximate surface area is 224 Å². The van der Waals surface area contributed by atoms with Gasteiger partial charge in [-0.05, 0) is 60.3 Å². The Hall–Kier alpha value is -3.48. The number of Topliss-reactive ketones (excluding diaryl/α,β-unsaturated/α-hetero) is 1. The Balaban J connectivity index is 1.60. The molecular formula is C31H38N4O3. The van der Waals surface area contributed by atoms with E-state index in [1.54, 1.807) is 4.90 Å². The molecule has 1 aliphatic carbocycles. The van der Waals surface area contributed by atoms with Gasteiger partial charge >= 0.3 is 0 Å². The van der Waals surface area contributed by atoms with E-state index in [0.29, 0.717) is 18.7 Å². The van der Waals surface area contributed by atoms with Gasteiger partial charge in [-0.15, -0.1) is 0 Å². The maximum atomic E-state index is 14.5. The van der Waals surface area contributed by atoms with Crippen LogP contribution in [0.1, 0.15) is 63.5 Å². The summed E-state index contributed by atoms with van der Waals surface area (Å²) in [5, 5.41) is 3.09. The summed E-state index contributed by atoms with van der Waals surface area (Å²) in [5.41, 5.74) is 4.10. The number of benzene rings is 2. The number of para-hydroxylation sites is 2. The molecule has 200 valence electrons. The number of carbonyl (C=O) groups excluding carboxylic acids is 3. The van der Waals surface area contributed by atoms with Gasteiger partial charge in [0.25, 0.3) is 0 Å². The molecule has 38 heavy (non-hydrogen) atoms. The van der Waals surface area contributed by atoms with Crippen molar-refractivity contribution in [2.75, 3.05) is 0 Å². The fourth-order valence-electron chi connectivity index (χ4n) is 6.22. The number of hydrogen-bond acceptors (Lipinski definition) is 4. The third-order valence-corrected chi connectivity index (χ3v) is 7.96. The summed E-state index contributed by atoms with van der Waals surface area (Å²) < 4.78 is 1.91. The van der Waals surface area contributed by atoms with E-state index in [1.165, 1.54) is 11.1 Å². The molecule has 0 bridgehead atoms. The first-order valence-corrected chi connectivity index (χ1v) is 13.8. The van der Waals surface area contributed by atoms with Crippen molar-refractivity contribution < 1.29 is 14.4 Å². The fraction of sp³-hybridized carbons (Fsp3) is 0.484. The van der Waals surface area contributed by atoms with Gasteiger partial charge in [0.1, 0.15) is 23.9 Å². The molecule has 1 aromatic heterocycles. The molecule has 2 aromatic carbocycles. The highest BCUT2D eigenvalue weighted by Gasteiger charge is 2.50. The third-order valence-electron chi connectivity index (χ3n) is 7.96. The van der Waals surface area contributed by atoms with Gasteiger partial charge in [-0.1, -0.05) is 64.1 Å². The van der Waals surface area contributed by atoms with Crippen molar-refractivity contribution in [1.29, 1.82) is 0 Å². The lowest BCUT2D eigenvalue weighted by Gasteiger charge is -2.44. The van der Waals surface area contributed by atoms with E-state index in [-0.39, 0.29) is 35.4 Å². The highest BCUT2D eigenvalue weighted by atomic mass is 16.2. The molecule has 5 rings (SSSR count). The molecule has 2 amide bonds. The van der Waals surface area contributed by atoms with Crippen molar-refractivity contribution in [2.24, 2.45) is 24.8 Å². The first kappa shape index (κ1) is 26.1. The van der Waals surface area contributed by atoms with Crippen molar-refractivity contribution in [3.8, 4) is 0 Å². The molecule has 7 heteroatoms. The van der Waals surface area contributed by atoms with Gasteiger partial charge in [0.15, 0.2) is 5.78 Å². The minimum atomic E-state index is -0.927. The number of rotatable bonds is 8. The lowest BCUT2D eigenvalue weighted by Crippen LogP contribution is -2.67. The van der Waals surface area contributed by atoms with Crippen molar-refractivity contribution in [1.82, 2.24) is 19.8 Å². The Morgan fingerprint density at radius 2 is 1.61 bits per heavy atom. The first-order valence-electron chi connectivity index (χ1n) is 13.8. The van der Waals surface area contributed by atoms with Crippen LogP contribution in [0.5, 0.6) is 0 Å². The van der Waals surface area contributed by atoms with Gasteiger partial charge in [-0.3, -0.25) is 14.4 Å². The summed E-state index contributed by atoms with van der Waals surface area (Å²) in [6.45, 7) is 8.07. The monoisotopic (exact) mass is 514 g/mol. The SMILES string of the molecule is CC(C)CC(=O)[C@@H](c1nc2ccccc2n1C)N1C(=O)[C@@H](C2Cc3ccccc3C2)NC(=O)[C@H]1CC(C)C. The molecule has 1 aliphatic heterocycles. The van der Waals surface area contributed by atoms with E-state index in [9.17, 15) is 14.4 Å². The highest BCUT2D eigenvalue weighted by molar-refractivity contribution is 6.00. The van der Waals surface area contributed by atoms with Crippen LogP contribution in [0.3, 0.4) is 0 Å². The summed E-state index contributed by atoms with van der Waals surface area (Å²) in [6.07, 6.45) is 2.23. The smallest absolute Gasteiger partial charge is 0.247 e. The maximum absolute atomic E-state index is 14.5. The number of fused-ring (bicyclic) bond motifs is 2. The van der Waals surface area contributed by atoms with Crippen molar-refractivity contribution in [2.45, 2.75) is 71.5 Å². The standard InChI is InChI=1S/C31H38N4O3/c1-18(2)14-25-30(37)33-27(22-16-20-10-6-7-11-21(20)17-22)31(38)35(25)28(26(36)15-19(3)4)29-32-23-12-8-9-13-24(23)34(29)5/h6-13,18-19,22,25,27-28H,14-17H2,1-5H3,(H,33,37)/t25-,27-,28+/m1/s1. The molecule has 7 nitrogen and oxygen atoms in total. The van der Waals surface area contributed by atoms with E-state index in [1.807, 2.05) is 75.7 Å². The minimum absolute atomic E-state index is 0.0485. The second-order valence-electron chi connectivity index (χ2n) is 11.8. The average Bonchev–Trinajstić information content (AvgIpc) is 3.44. The van der Waals surface area contributed by atoms with Crippen LogP contribution in [0.25, 0.3) is 11.0 Å². The topological polar surface area (TPSA) is 84.3 Å². The summed E-state index contributed by atoms with van der Waals surface area (Å²) in [6, 6.07) is 13.6. The van der Waals surface area contributed by atoms with E-state index < -0.39 is 18.1 Å². The van der Waals surface area contributed by atoms with E-state index in [0.717, 1.165) is 23.9 Å². The zero-order chi connectivity index (χ0) is 27.1. The number of imidazole rings is 1. The molecule has 0 radical (unpaired) electrons. The van der Waals surface area contributed by atoms with Crippen molar-refractivity contribution >= 4 is 28.6 Å². The number of ketones is 1. The van der Waals surface area contributed by atoms with Crippen LogP contribution < -0.4 is 5.32 Å². The van der Waals surface area contributed by atoms with Crippen LogP contribution in [0.15, 0.2) is 48.5 Å². The number of nitrogens with zero attached hydrogens (tertiary/aromatic N) is 3. The molecule has 3 atom stereocenters. The predicted molar refractivity (Wildman–Crippen MR) is 147 cm³/mol. The highest BCUT2D eigenvalue weighted by Crippen LogP contribution is 2.36. The molecule has 0 saturated carbocycles. The Bertz CT molecular complexity index is 1350. The lowest BCUT2D eigenvalue weighted by atomic mass is 9.87. The Kier molecular flexibility index (Phi) is 7.12. The van der Waals surface area contributed by atoms with Gasteiger partial charge in [-0.25, -0.2) is 4.98 Å². The Morgan fingerprint density at radius 1 is 0.974 bits per heavy atom. The van der Waals surface area contributed by atoms with Crippen LogP contribution >= 0.6 is 0 Å². The normalized spacial score (nSPS) is 20.9. The zero-order valence-corrected chi connectivity index (χ0v) is 23.0. The van der Waals surface area contributed by atoms with Crippen LogP contribution in [-0.4, -0.2) is 44.1 Å². The number of amides is 2. The van der Waals surface area contributed by atoms with E-state index in [2.05, 4.69) is 17.4 Å². The molecule has 0 spiro atoms. The molecule has 2 heterocycles. The average molecular weight is 515 g/mol. The number of carbonyl (C=O) groups is 3. The second kappa shape index (κ2) is 10.4. The minimum Gasteiger partial charge on any atom is -0.342 e. The molecule has 3 aromatic rings. The van der Waals surface area contributed by atoms with E-state index >= 15 is 0 Å². The molecule has 2 aliphatic rings. The van der Waals surface area contributed by atoms with Gasteiger partial charge in [0.2, 0.25) is 11.8 Å². The summed E-state index contributed by atoms with van der Waals surface area (Å²) >= 11 is 0. The number of nitrogens with one attached hydrogen (secondary N) is 1. The van der Waals surface area contributed by atoms with Crippen LogP contribution in [-0.2, 0) is 34.3 Å². The molecule has 1 saturated heterocycles. The third kappa shape index (κ3) is 4.74.